The highest BCUT2D eigenvalue weighted by atomic mass is 16.5. The molecule has 0 amide bonds. The quantitative estimate of drug-likeness (QED) is 0.445. The zero-order valence-electron chi connectivity index (χ0n) is 6.62. The lowest BCUT2D eigenvalue weighted by molar-refractivity contribution is -0.104. The third-order valence-corrected chi connectivity index (χ3v) is 1.60. The van der Waals surface area contributed by atoms with Gasteiger partial charge in [-0.3, -0.25) is 4.79 Å². The molecule has 0 radical (unpaired) electrons. The standard InChI is InChI=1S/C9H12O2/c1-8(7-10)6-9-4-2-3-5-11-9/h3,5-7,9H,2,4H2,1H3. The molecular formula is C9H12O2. The van der Waals surface area contributed by atoms with E-state index < -0.39 is 0 Å². The van der Waals surface area contributed by atoms with Crippen LogP contribution in [0.3, 0.4) is 0 Å². The Kier molecular flexibility index (Phi) is 2.90. The zero-order valence-corrected chi connectivity index (χ0v) is 6.62. The number of aldehydes is 1. The van der Waals surface area contributed by atoms with Crippen molar-refractivity contribution in [1.29, 1.82) is 0 Å². The van der Waals surface area contributed by atoms with Gasteiger partial charge in [-0.15, -0.1) is 0 Å². The van der Waals surface area contributed by atoms with Crippen LogP contribution in [-0.4, -0.2) is 12.4 Å². The minimum absolute atomic E-state index is 0.102. The Balaban J connectivity index is 2.48. The van der Waals surface area contributed by atoms with Crippen LogP contribution in [0.2, 0.25) is 0 Å². The highest BCUT2D eigenvalue weighted by Gasteiger charge is 2.06. The van der Waals surface area contributed by atoms with E-state index in [1.807, 2.05) is 12.2 Å². The Morgan fingerprint density at radius 1 is 1.73 bits per heavy atom. The third kappa shape index (κ3) is 2.58. The smallest absolute Gasteiger partial charge is 0.145 e. The Bertz CT molecular complexity index is 192. The van der Waals surface area contributed by atoms with E-state index in [2.05, 4.69) is 0 Å². The van der Waals surface area contributed by atoms with Gasteiger partial charge in [-0.1, -0.05) is 0 Å². The van der Waals surface area contributed by atoms with E-state index in [1.165, 1.54) is 0 Å². The first-order valence-electron chi connectivity index (χ1n) is 3.77. The van der Waals surface area contributed by atoms with Gasteiger partial charge in [-0.05, 0) is 37.5 Å². The number of hydrogen-bond donors (Lipinski definition) is 0. The number of rotatable bonds is 2. The summed E-state index contributed by atoms with van der Waals surface area (Å²) in [6.07, 6.45) is 8.50. The van der Waals surface area contributed by atoms with Crippen LogP contribution in [0.4, 0.5) is 0 Å². The third-order valence-electron chi connectivity index (χ3n) is 1.60. The molecule has 60 valence electrons. The van der Waals surface area contributed by atoms with Crippen LogP contribution in [0.5, 0.6) is 0 Å². The molecule has 0 bridgehead atoms. The van der Waals surface area contributed by atoms with Crippen LogP contribution in [-0.2, 0) is 9.53 Å². The topological polar surface area (TPSA) is 26.3 Å². The predicted octanol–water partition coefficient (Wildman–Crippen LogP) is 1.82. The molecule has 1 aliphatic rings. The molecule has 1 rings (SSSR count). The highest BCUT2D eigenvalue weighted by Crippen LogP contribution is 2.12. The highest BCUT2D eigenvalue weighted by molar-refractivity contribution is 5.72. The van der Waals surface area contributed by atoms with Crippen molar-refractivity contribution in [2.24, 2.45) is 0 Å². The monoisotopic (exact) mass is 152 g/mol. The van der Waals surface area contributed by atoms with Crippen molar-refractivity contribution in [3.8, 4) is 0 Å². The second-order valence-corrected chi connectivity index (χ2v) is 2.65. The summed E-state index contributed by atoms with van der Waals surface area (Å²) in [6, 6.07) is 0. The lowest BCUT2D eigenvalue weighted by Gasteiger charge is -2.15. The number of hydrogen-bond acceptors (Lipinski definition) is 2. The molecule has 1 unspecified atom stereocenters. The van der Waals surface area contributed by atoms with Crippen molar-refractivity contribution < 1.29 is 9.53 Å². The van der Waals surface area contributed by atoms with Crippen molar-refractivity contribution in [3.05, 3.63) is 24.0 Å². The number of carbonyl (C=O) groups excluding carboxylic acids is 1. The van der Waals surface area contributed by atoms with E-state index in [4.69, 9.17) is 4.74 Å². The Hall–Kier alpha value is -1.05. The van der Waals surface area contributed by atoms with E-state index in [1.54, 1.807) is 13.2 Å². The van der Waals surface area contributed by atoms with Gasteiger partial charge in [-0.25, -0.2) is 0 Å². The van der Waals surface area contributed by atoms with Crippen LogP contribution in [0.15, 0.2) is 24.0 Å². The lowest BCUT2D eigenvalue weighted by atomic mass is 10.1. The van der Waals surface area contributed by atoms with Crippen LogP contribution in [0.25, 0.3) is 0 Å². The van der Waals surface area contributed by atoms with E-state index in [-0.39, 0.29) is 6.10 Å². The number of carbonyl (C=O) groups is 1. The van der Waals surface area contributed by atoms with Crippen molar-refractivity contribution >= 4 is 6.29 Å². The second-order valence-electron chi connectivity index (χ2n) is 2.65. The fourth-order valence-corrected chi connectivity index (χ4v) is 1.01. The summed E-state index contributed by atoms with van der Waals surface area (Å²) in [6.45, 7) is 1.79. The molecule has 0 fully saturated rings. The Labute approximate surface area is 66.5 Å². The predicted molar refractivity (Wildman–Crippen MR) is 43.1 cm³/mol. The maximum absolute atomic E-state index is 10.2. The van der Waals surface area contributed by atoms with Gasteiger partial charge < -0.3 is 4.74 Å². The average Bonchev–Trinajstić information content (AvgIpc) is 2.06. The van der Waals surface area contributed by atoms with E-state index in [9.17, 15) is 4.79 Å². The van der Waals surface area contributed by atoms with E-state index in [0.717, 1.165) is 24.7 Å². The van der Waals surface area contributed by atoms with Crippen molar-refractivity contribution in [2.75, 3.05) is 0 Å². The zero-order chi connectivity index (χ0) is 8.10. The normalized spacial score (nSPS) is 24.5. The molecule has 0 saturated carbocycles. The summed E-state index contributed by atoms with van der Waals surface area (Å²) in [5.41, 5.74) is 0.741. The molecule has 2 nitrogen and oxygen atoms in total. The Morgan fingerprint density at radius 2 is 2.55 bits per heavy atom. The first-order valence-corrected chi connectivity index (χ1v) is 3.77. The average molecular weight is 152 g/mol. The van der Waals surface area contributed by atoms with Gasteiger partial charge in [0.05, 0.1) is 6.26 Å². The fraction of sp³-hybridized carbons (Fsp3) is 0.444. The molecule has 1 aliphatic heterocycles. The van der Waals surface area contributed by atoms with Crippen LogP contribution < -0.4 is 0 Å². The van der Waals surface area contributed by atoms with Crippen molar-refractivity contribution in [1.82, 2.24) is 0 Å². The molecule has 0 saturated heterocycles. The first kappa shape index (κ1) is 8.05. The number of allylic oxidation sites excluding steroid dienone is 2. The van der Waals surface area contributed by atoms with Gasteiger partial charge in [0.25, 0.3) is 0 Å². The van der Waals surface area contributed by atoms with Gasteiger partial charge in [0.1, 0.15) is 12.4 Å². The molecule has 11 heavy (non-hydrogen) atoms. The molecule has 0 N–H and O–H groups in total. The summed E-state index contributed by atoms with van der Waals surface area (Å²) in [4.78, 5) is 10.2. The first-order chi connectivity index (χ1) is 5.33. The molecule has 0 aromatic rings. The van der Waals surface area contributed by atoms with Crippen LogP contribution >= 0.6 is 0 Å². The van der Waals surface area contributed by atoms with Gasteiger partial charge in [0.15, 0.2) is 0 Å². The van der Waals surface area contributed by atoms with Gasteiger partial charge in [0, 0.05) is 0 Å². The summed E-state index contributed by atoms with van der Waals surface area (Å²) < 4.78 is 5.23. The molecule has 2 heteroatoms. The molecule has 0 spiro atoms. The molecule has 1 atom stereocenters. The van der Waals surface area contributed by atoms with E-state index >= 15 is 0 Å². The Morgan fingerprint density at radius 3 is 3.09 bits per heavy atom. The van der Waals surface area contributed by atoms with Gasteiger partial charge >= 0.3 is 0 Å². The van der Waals surface area contributed by atoms with Gasteiger partial charge in [-0.2, -0.15) is 0 Å². The van der Waals surface area contributed by atoms with E-state index in [0.29, 0.717) is 0 Å². The number of ether oxygens (including phenoxy) is 1. The lowest BCUT2D eigenvalue weighted by Crippen LogP contribution is -2.09. The minimum atomic E-state index is 0.102. The minimum Gasteiger partial charge on any atom is -0.494 e. The fourth-order valence-electron chi connectivity index (χ4n) is 1.01. The summed E-state index contributed by atoms with van der Waals surface area (Å²) >= 11 is 0. The summed E-state index contributed by atoms with van der Waals surface area (Å²) in [7, 11) is 0. The van der Waals surface area contributed by atoms with Crippen LogP contribution in [0.1, 0.15) is 19.8 Å². The summed E-state index contributed by atoms with van der Waals surface area (Å²) in [5.74, 6) is 0. The maximum atomic E-state index is 10.2. The summed E-state index contributed by atoms with van der Waals surface area (Å²) in [5, 5.41) is 0. The van der Waals surface area contributed by atoms with Crippen LogP contribution in [0, 0.1) is 0 Å². The SMILES string of the molecule is CC(C=O)=CC1CCC=CO1. The molecule has 0 aromatic heterocycles. The largest absolute Gasteiger partial charge is 0.494 e. The molecule has 0 aromatic carbocycles. The molecular weight excluding hydrogens is 140 g/mol. The second kappa shape index (κ2) is 3.96. The maximum Gasteiger partial charge on any atom is 0.145 e. The van der Waals surface area contributed by atoms with Crippen molar-refractivity contribution in [3.63, 3.8) is 0 Å². The van der Waals surface area contributed by atoms with Gasteiger partial charge in [0.2, 0.25) is 0 Å². The molecule has 0 aliphatic carbocycles. The molecule has 1 heterocycles. The van der Waals surface area contributed by atoms with Crippen molar-refractivity contribution in [2.45, 2.75) is 25.9 Å².